The number of hydrogen-bond donors (Lipinski definition) is 0. The standard InChI is InChI=1S/C20H17NO6S/c22-17-12-18(23)27-19(26-17)13-6-8-14(9-7-13)25-11-3-10-21-15-4-1-2-5-16(15)28-20(21)24/h1-2,4-9,19H,3,10-12H2. The molecule has 0 aliphatic carbocycles. The van der Waals surface area contributed by atoms with Crippen molar-refractivity contribution in [2.75, 3.05) is 6.61 Å². The highest BCUT2D eigenvalue weighted by molar-refractivity contribution is 7.16. The molecule has 1 aromatic heterocycles. The van der Waals surface area contributed by atoms with E-state index in [0.29, 0.717) is 30.9 Å². The van der Waals surface area contributed by atoms with Crippen molar-refractivity contribution in [1.29, 1.82) is 0 Å². The number of esters is 2. The highest BCUT2D eigenvalue weighted by atomic mass is 32.1. The second-order valence-corrected chi connectivity index (χ2v) is 7.24. The summed E-state index contributed by atoms with van der Waals surface area (Å²) in [6, 6.07) is 14.5. The second-order valence-electron chi connectivity index (χ2n) is 6.25. The third-order valence-corrected chi connectivity index (χ3v) is 5.25. The van der Waals surface area contributed by atoms with Crippen LogP contribution in [0.4, 0.5) is 0 Å². The summed E-state index contributed by atoms with van der Waals surface area (Å²) < 4.78 is 18.5. The number of para-hydroxylation sites is 1. The Morgan fingerprint density at radius 2 is 1.71 bits per heavy atom. The Labute approximate surface area is 164 Å². The largest absolute Gasteiger partial charge is 0.494 e. The van der Waals surface area contributed by atoms with E-state index < -0.39 is 18.2 Å². The molecule has 0 radical (unpaired) electrons. The van der Waals surface area contributed by atoms with Crippen molar-refractivity contribution in [3.63, 3.8) is 0 Å². The first kappa shape index (κ1) is 18.2. The van der Waals surface area contributed by atoms with Crippen LogP contribution in [-0.4, -0.2) is 23.1 Å². The van der Waals surface area contributed by atoms with Crippen LogP contribution in [0.15, 0.2) is 53.3 Å². The van der Waals surface area contributed by atoms with Crippen molar-refractivity contribution in [2.24, 2.45) is 0 Å². The van der Waals surface area contributed by atoms with E-state index in [4.69, 9.17) is 14.2 Å². The van der Waals surface area contributed by atoms with E-state index in [1.165, 1.54) is 11.3 Å². The Morgan fingerprint density at radius 3 is 2.46 bits per heavy atom. The first-order valence-electron chi connectivity index (χ1n) is 8.80. The van der Waals surface area contributed by atoms with Crippen LogP contribution in [-0.2, 0) is 25.6 Å². The second kappa shape index (κ2) is 7.85. The van der Waals surface area contributed by atoms with Crippen molar-refractivity contribution in [1.82, 2.24) is 4.57 Å². The molecule has 7 nitrogen and oxygen atoms in total. The van der Waals surface area contributed by atoms with E-state index in [2.05, 4.69) is 0 Å². The number of fused-ring (bicyclic) bond motifs is 1. The molecule has 0 spiro atoms. The number of ether oxygens (including phenoxy) is 3. The van der Waals surface area contributed by atoms with Crippen molar-refractivity contribution in [2.45, 2.75) is 25.7 Å². The van der Waals surface area contributed by atoms with E-state index in [9.17, 15) is 14.4 Å². The number of aryl methyl sites for hydroxylation is 1. The van der Waals surface area contributed by atoms with Gasteiger partial charge < -0.3 is 14.2 Å². The lowest BCUT2D eigenvalue weighted by molar-refractivity contribution is -0.204. The van der Waals surface area contributed by atoms with Gasteiger partial charge in [-0.1, -0.05) is 23.5 Å². The normalized spacial score (nSPS) is 14.7. The molecule has 1 saturated heterocycles. The van der Waals surface area contributed by atoms with Gasteiger partial charge in [0.15, 0.2) is 0 Å². The molecule has 2 aromatic carbocycles. The van der Waals surface area contributed by atoms with Gasteiger partial charge in [0.1, 0.15) is 12.2 Å². The minimum absolute atomic E-state index is 0.0297. The third kappa shape index (κ3) is 3.91. The predicted molar refractivity (Wildman–Crippen MR) is 102 cm³/mol. The Bertz CT molecular complexity index is 1050. The molecule has 3 aromatic rings. The summed E-state index contributed by atoms with van der Waals surface area (Å²) in [4.78, 5) is 34.8. The lowest BCUT2D eigenvalue weighted by atomic mass is 10.2. The lowest BCUT2D eigenvalue weighted by Gasteiger charge is -2.22. The summed E-state index contributed by atoms with van der Waals surface area (Å²) in [6.07, 6.45) is -0.693. The molecular weight excluding hydrogens is 382 g/mol. The average Bonchev–Trinajstić information content (AvgIpc) is 3.00. The van der Waals surface area contributed by atoms with E-state index >= 15 is 0 Å². The van der Waals surface area contributed by atoms with Crippen molar-refractivity contribution in [3.8, 4) is 5.75 Å². The van der Waals surface area contributed by atoms with Crippen molar-refractivity contribution >= 4 is 33.5 Å². The zero-order valence-electron chi connectivity index (χ0n) is 14.8. The highest BCUT2D eigenvalue weighted by Crippen LogP contribution is 2.26. The number of nitrogens with zero attached hydrogens (tertiary/aromatic N) is 1. The van der Waals surface area contributed by atoms with Gasteiger partial charge in [-0.15, -0.1) is 0 Å². The molecule has 4 rings (SSSR count). The Hall–Kier alpha value is -3.13. The minimum atomic E-state index is -1.01. The summed E-state index contributed by atoms with van der Waals surface area (Å²) in [5.41, 5.74) is 1.50. The first-order chi connectivity index (χ1) is 13.6. The molecule has 0 saturated carbocycles. The zero-order valence-corrected chi connectivity index (χ0v) is 15.6. The molecule has 2 heterocycles. The molecule has 144 valence electrons. The molecule has 1 fully saturated rings. The fraction of sp³-hybridized carbons (Fsp3) is 0.250. The Balaban J connectivity index is 1.32. The molecule has 0 unspecified atom stereocenters. The van der Waals surface area contributed by atoms with E-state index in [0.717, 1.165) is 10.2 Å². The predicted octanol–water partition coefficient (Wildman–Crippen LogP) is 3.02. The van der Waals surface area contributed by atoms with Gasteiger partial charge in [0.2, 0.25) is 0 Å². The molecule has 1 aliphatic rings. The summed E-state index contributed by atoms with van der Waals surface area (Å²) >= 11 is 1.24. The fourth-order valence-electron chi connectivity index (χ4n) is 2.96. The van der Waals surface area contributed by atoms with Crippen LogP contribution in [0.1, 0.15) is 24.7 Å². The molecule has 28 heavy (non-hydrogen) atoms. The lowest BCUT2D eigenvalue weighted by Crippen LogP contribution is -2.26. The van der Waals surface area contributed by atoms with Crippen LogP contribution in [0, 0.1) is 0 Å². The molecule has 1 aliphatic heterocycles. The first-order valence-corrected chi connectivity index (χ1v) is 9.62. The van der Waals surface area contributed by atoms with Crippen LogP contribution in [0.2, 0.25) is 0 Å². The van der Waals surface area contributed by atoms with E-state index in [1.54, 1.807) is 28.8 Å². The molecule has 0 amide bonds. The van der Waals surface area contributed by atoms with Crippen LogP contribution in [0.3, 0.4) is 0 Å². The maximum Gasteiger partial charge on any atom is 0.320 e. The average molecular weight is 399 g/mol. The number of carbonyl (C=O) groups is 2. The number of hydrogen-bond acceptors (Lipinski definition) is 7. The number of aromatic nitrogens is 1. The monoisotopic (exact) mass is 399 g/mol. The summed E-state index contributed by atoms with van der Waals surface area (Å²) in [5.74, 6) is -0.560. The van der Waals surface area contributed by atoms with Gasteiger partial charge in [0.25, 0.3) is 6.29 Å². The number of thiazole rings is 1. The molecule has 8 heteroatoms. The van der Waals surface area contributed by atoms with Gasteiger partial charge in [-0.05, 0) is 42.8 Å². The summed E-state index contributed by atoms with van der Waals surface area (Å²) in [5, 5.41) is 0. The van der Waals surface area contributed by atoms with Gasteiger partial charge in [-0.3, -0.25) is 19.0 Å². The van der Waals surface area contributed by atoms with E-state index in [-0.39, 0.29) is 11.3 Å². The van der Waals surface area contributed by atoms with Crippen LogP contribution in [0.5, 0.6) is 5.75 Å². The molecule has 0 bridgehead atoms. The third-order valence-electron chi connectivity index (χ3n) is 4.29. The SMILES string of the molecule is O=C1CC(=O)OC(c2ccc(OCCCn3c(=O)sc4ccccc43)cc2)O1. The molecule has 0 N–H and O–H groups in total. The summed E-state index contributed by atoms with van der Waals surface area (Å²) in [6.45, 7) is 1.03. The Morgan fingerprint density at radius 1 is 1.00 bits per heavy atom. The molecule has 0 atom stereocenters. The number of rotatable bonds is 6. The van der Waals surface area contributed by atoms with Crippen molar-refractivity contribution < 1.29 is 23.8 Å². The van der Waals surface area contributed by atoms with Crippen LogP contribution < -0.4 is 9.61 Å². The van der Waals surface area contributed by atoms with Crippen LogP contribution in [0.25, 0.3) is 10.2 Å². The van der Waals surface area contributed by atoms with Gasteiger partial charge in [-0.2, -0.15) is 0 Å². The quantitative estimate of drug-likeness (QED) is 0.360. The topological polar surface area (TPSA) is 83.8 Å². The summed E-state index contributed by atoms with van der Waals surface area (Å²) in [7, 11) is 0. The smallest absolute Gasteiger partial charge is 0.320 e. The maximum atomic E-state index is 12.1. The number of benzene rings is 2. The number of carbonyl (C=O) groups excluding carboxylic acids is 2. The highest BCUT2D eigenvalue weighted by Gasteiger charge is 2.28. The van der Waals surface area contributed by atoms with Crippen molar-refractivity contribution in [3.05, 3.63) is 63.8 Å². The van der Waals surface area contributed by atoms with E-state index in [1.807, 2.05) is 24.3 Å². The van der Waals surface area contributed by atoms with Gasteiger partial charge >= 0.3 is 16.8 Å². The number of cyclic esters (lactones) is 2. The van der Waals surface area contributed by atoms with Crippen LogP contribution >= 0.6 is 11.3 Å². The minimum Gasteiger partial charge on any atom is -0.494 e. The van der Waals surface area contributed by atoms with Gasteiger partial charge in [-0.25, -0.2) is 0 Å². The maximum absolute atomic E-state index is 12.1. The van der Waals surface area contributed by atoms with Gasteiger partial charge in [0.05, 0.1) is 16.8 Å². The zero-order chi connectivity index (χ0) is 19.5. The fourth-order valence-corrected chi connectivity index (χ4v) is 3.88. The molecular formula is C20H17NO6S. The Kier molecular flexibility index (Phi) is 5.12. The van der Waals surface area contributed by atoms with Gasteiger partial charge in [0, 0.05) is 12.1 Å².